The van der Waals surface area contributed by atoms with Crippen molar-refractivity contribution in [3.05, 3.63) is 35.0 Å². The van der Waals surface area contributed by atoms with Crippen LogP contribution in [0.3, 0.4) is 0 Å². The third-order valence-corrected chi connectivity index (χ3v) is 3.53. The van der Waals surface area contributed by atoms with Crippen LogP contribution in [0.1, 0.15) is 30.4 Å². The van der Waals surface area contributed by atoms with Crippen LogP contribution < -0.4 is 0 Å². The van der Waals surface area contributed by atoms with E-state index in [1.165, 1.54) is 11.8 Å². The lowest BCUT2D eigenvalue weighted by atomic mass is 10.1. The topological polar surface area (TPSA) is 77.2 Å². The Balaban J connectivity index is 2.61. The van der Waals surface area contributed by atoms with Gasteiger partial charge in [-0.3, -0.25) is 0 Å². The zero-order valence-electron chi connectivity index (χ0n) is 11.9. The van der Waals surface area contributed by atoms with Crippen molar-refractivity contribution in [3.8, 4) is 11.3 Å². The number of aromatic nitrogens is 3. The van der Waals surface area contributed by atoms with Crippen molar-refractivity contribution in [2.45, 2.75) is 26.0 Å². The van der Waals surface area contributed by atoms with Crippen LogP contribution in [0, 0.1) is 0 Å². The van der Waals surface area contributed by atoms with Crippen LogP contribution >= 0.6 is 11.6 Å². The highest BCUT2D eigenvalue weighted by Gasteiger charge is 2.25. The maximum Gasteiger partial charge on any atom is 0.360 e. The van der Waals surface area contributed by atoms with Gasteiger partial charge in [0.25, 0.3) is 0 Å². The molecule has 0 aliphatic rings. The molecule has 0 amide bonds. The molecule has 2 rings (SSSR count). The first-order valence-electron chi connectivity index (χ1n) is 6.43. The number of ether oxygens (including phenoxy) is 1. The Hall–Kier alpha value is -1.92. The summed E-state index contributed by atoms with van der Waals surface area (Å²) < 4.78 is 6.25. The van der Waals surface area contributed by atoms with Crippen molar-refractivity contribution in [1.29, 1.82) is 0 Å². The number of hydrogen-bond donors (Lipinski definition) is 1. The molecule has 0 spiro atoms. The number of esters is 1. The number of carbonyl (C=O) groups is 1. The Morgan fingerprint density at radius 1 is 1.33 bits per heavy atom. The van der Waals surface area contributed by atoms with E-state index in [0.717, 1.165) is 5.56 Å². The lowest BCUT2D eigenvalue weighted by Gasteiger charge is -2.17. The number of hydrogen-bond acceptors (Lipinski definition) is 5. The predicted octanol–water partition coefficient (Wildman–Crippen LogP) is 2.33. The van der Waals surface area contributed by atoms with E-state index < -0.39 is 12.1 Å². The van der Waals surface area contributed by atoms with Crippen LogP contribution in [0.5, 0.6) is 0 Å². The second-order valence-corrected chi connectivity index (χ2v) is 5.15. The average molecular weight is 310 g/mol. The summed E-state index contributed by atoms with van der Waals surface area (Å²) in [5.74, 6) is -0.580. The van der Waals surface area contributed by atoms with Gasteiger partial charge in [0, 0.05) is 10.6 Å². The molecule has 0 radical (unpaired) electrons. The molecular weight excluding hydrogens is 294 g/mol. The summed E-state index contributed by atoms with van der Waals surface area (Å²) in [4.78, 5) is 11.9. The van der Waals surface area contributed by atoms with E-state index in [1.54, 1.807) is 38.1 Å². The molecule has 1 N–H and O–H groups in total. The zero-order valence-corrected chi connectivity index (χ0v) is 12.7. The van der Waals surface area contributed by atoms with Crippen molar-refractivity contribution >= 4 is 17.6 Å². The molecule has 2 unspecified atom stereocenters. The first kappa shape index (κ1) is 15.5. The standard InChI is InChI=1S/C14H16ClN3O3/c1-8(9(2)19)18-13(10-4-6-11(15)7-5-10)12(16-17-18)14(20)21-3/h4-9,19H,1-3H3. The first-order valence-corrected chi connectivity index (χ1v) is 6.81. The summed E-state index contributed by atoms with van der Waals surface area (Å²) in [6, 6.07) is 6.60. The summed E-state index contributed by atoms with van der Waals surface area (Å²) in [6.07, 6.45) is -0.650. The highest BCUT2D eigenvalue weighted by Crippen LogP contribution is 2.27. The van der Waals surface area contributed by atoms with Gasteiger partial charge in [-0.05, 0) is 26.0 Å². The monoisotopic (exact) mass is 309 g/mol. The van der Waals surface area contributed by atoms with Gasteiger partial charge in [0.2, 0.25) is 0 Å². The van der Waals surface area contributed by atoms with Crippen molar-refractivity contribution in [3.63, 3.8) is 0 Å². The third kappa shape index (κ3) is 3.06. The fourth-order valence-electron chi connectivity index (χ4n) is 1.89. The number of rotatable bonds is 4. The third-order valence-electron chi connectivity index (χ3n) is 3.27. The number of nitrogens with zero attached hydrogens (tertiary/aromatic N) is 3. The van der Waals surface area contributed by atoms with E-state index in [0.29, 0.717) is 10.7 Å². The van der Waals surface area contributed by atoms with E-state index in [-0.39, 0.29) is 11.7 Å². The van der Waals surface area contributed by atoms with E-state index in [1.807, 2.05) is 0 Å². The minimum atomic E-state index is -0.650. The maximum atomic E-state index is 11.9. The van der Waals surface area contributed by atoms with Crippen LogP contribution in [0.15, 0.2) is 24.3 Å². The fourth-order valence-corrected chi connectivity index (χ4v) is 2.02. The summed E-state index contributed by atoms with van der Waals surface area (Å²) in [7, 11) is 1.28. The number of halogens is 1. The normalized spacial score (nSPS) is 13.8. The molecule has 0 bridgehead atoms. The molecular formula is C14H16ClN3O3. The van der Waals surface area contributed by atoms with Gasteiger partial charge in [-0.2, -0.15) is 0 Å². The maximum absolute atomic E-state index is 11.9. The van der Waals surface area contributed by atoms with Gasteiger partial charge in [0.15, 0.2) is 5.69 Å². The number of aliphatic hydroxyl groups is 1. The van der Waals surface area contributed by atoms with Crippen LogP contribution in [0.25, 0.3) is 11.3 Å². The van der Waals surface area contributed by atoms with Gasteiger partial charge in [-0.1, -0.05) is 28.9 Å². The van der Waals surface area contributed by atoms with E-state index in [2.05, 4.69) is 10.3 Å². The molecule has 2 atom stereocenters. The summed E-state index contributed by atoms with van der Waals surface area (Å²) in [5, 5.41) is 18.2. The van der Waals surface area contributed by atoms with Crippen LogP contribution in [0.4, 0.5) is 0 Å². The molecule has 1 aromatic heterocycles. The summed E-state index contributed by atoms with van der Waals surface area (Å²) in [5.41, 5.74) is 1.32. The van der Waals surface area contributed by atoms with Crippen LogP contribution in [-0.2, 0) is 4.74 Å². The van der Waals surface area contributed by atoms with Gasteiger partial charge < -0.3 is 9.84 Å². The molecule has 0 saturated carbocycles. The summed E-state index contributed by atoms with van der Waals surface area (Å²) >= 11 is 5.89. The van der Waals surface area contributed by atoms with Crippen molar-refractivity contribution < 1.29 is 14.6 Å². The fraction of sp³-hybridized carbons (Fsp3) is 0.357. The average Bonchev–Trinajstić information content (AvgIpc) is 2.91. The quantitative estimate of drug-likeness (QED) is 0.877. The van der Waals surface area contributed by atoms with Gasteiger partial charge in [-0.15, -0.1) is 5.10 Å². The summed E-state index contributed by atoms with van der Waals surface area (Å²) in [6.45, 7) is 3.44. The lowest BCUT2D eigenvalue weighted by molar-refractivity contribution is 0.0594. The van der Waals surface area contributed by atoms with Gasteiger partial charge in [0.1, 0.15) is 5.69 Å². The highest BCUT2D eigenvalue weighted by molar-refractivity contribution is 6.30. The molecule has 1 heterocycles. The lowest BCUT2D eigenvalue weighted by Crippen LogP contribution is -2.20. The molecule has 112 valence electrons. The largest absolute Gasteiger partial charge is 0.464 e. The predicted molar refractivity (Wildman–Crippen MR) is 78.2 cm³/mol. The van der Waals surface area contributed by atoms with Gasteiger partial charge in [0.05, 0.1) is 19.3 Å². The number of methoxy groups -OCH3 is 1. The minimum absolute atomic E-state index is 0.104. The van der Waals surface area contributed by atoms with Crippen LogP contribution in [0.2, 0.25) is 5.02 Å². The Labute approximate surface area is 127 Å². The Morgan fingerprint density at radius 2 is 1.95 bits per heavy atom. The molecule has 0 saturated heterocycles. The SMILES string of the molecule is COC(=O)c1nnn(C(C)C(C)O)c1-c1ccc(Cl)cc1. The van der Waals surface area contributed by atoms with Gasteiger partial charge in [-0.25, -0.2) is 9.48 Å². The molecule has 7 heteroatoms. The zero-order chi connectivity index (χ0) is 15.6. The van der Waals surface area contributed by atoms with Crippen LogP contribution in [-0.4, -0.2) is 39.3 Å². The molecule has 6 nitrogen and oxygen atoms in total. The van der Waals surface area contributed by atoms with E-state index in [4.69, 9.17) is 16.3 Å². The second kappa shape index (κ2) is 6.24. The molecule has 21 heavy (non-hydrogen) atoms. The Kier molecular flexibility index (Phi) is 4.59. The Morgan fingerprint density at radius 3 is 2.48 bits per heavy atom. The molecule has 0 aliphatic heterocycles. The molecule has 0 aliphatic carbocycles. The Bertz CT molecular complexity index is 637. The highest BCUT2D eigenvalue weighted by atomic mass is 35.5. The molecule has 1 aromatic carbocycles. The second-order valence-electron chi connectivity index (χ2n) is 4.71. The van der Waals surface area contributed by atoms with Crippen molar-refractivity contribution in [2.24, 2.45) is 0 Å². The molecule has 0 fully saturated rings. The first-order chi connectivity index (χ1) is 9.95. The van der Waals surface area contributed by atoms with E-state index in [9.17, 15) is 9.90 Å². The number of carbonyl (C=O) groups excluding carboxylic acids is 1. The van der Waals surface area contributed by atoms with E-state index >= 15 is 0 Å². The van der Waals surface area contributed by atoms with Crippen molar-refractivity contribution in [2.75, 3.05) is 7.11 Å². The van der Waals surface area contributed by atoms with Gasteiger partial charge >= 0.3 is 5.97 Å². The number of aliphatic hydroxyl groups excluding tert-OH is 1. The number of benzene rings is 1. The molecule has 2 aromatic rings. The minimum Gasteiger partial charge on any atom is -0.464 e. The van der Waals surface area contributed by atoms with Crippen molar-refractivity contribution in [1.82, 2.24) is 15.0 Å². The smallest absolute Gasteiger partial charge is 0.360 e.